The van der Waals surface area contributed by atoms with Gasteiger partial charge in [0, 0.05) is 17.3 Å². The second-order valence-electron chi connectivity index (χ2n) is 6.98. The standard InChI is InChI=1S/C25H22N4O2/c1-19-9-8-14-23(15-19)31-18-24(30)27-26-16-21-17-29(22-12-6-3-7-13-22)28-25(21)20-10-4-2-5-11-20/h2-17H,18H2,1H3,(H,27,30)/b26-16-. The van der Waals surface area contributed by atoms with Gasteiger partial charge in [-0.3, -0.25) is 4.79 Å². The van der Waals surface area contributed by atoms with Gasteiger partial charge in [-0.15, -0.1) is 0 Å². The van der Waals surface area contributed by atoms with Gasteiger partial charge >= 0.3 is 0 Å². The van der Waals surface area contributed by atoms with Crippen molar-refractivity contribution < 1.29 is 9.53 Å². The van der Waals surface area contributed by atoms with E-state index in [1.54, 1.807) is 10.9 Å². The number of carbonyl (C=O) groups excluding carboxylic acids is 1. The van der Waals surface area contributed by atoms with Crippen molar-refractivity contribution >= 4 is 12.1 Å². The number of aryl methyl sites for hydroxylation is 1. The molecule has 0 aliphatic carbocycles. The summed E-state index contributed by atoms with van der Waals surface area (Å²) in [5.74, 6) is 0.309. The predicted octanol–water partition coefficient (Wildman–Crippen LogP) is 4.38. The molecule has 4 aromatic rings. The van der Waals surface area contributed by atoms with Gasteiger partial charge in [0.1, 0.15) is 11.4 Å². The number of carbonyl (C=O) groups is 1. The van der Waals surface area contributed by atoms with Crippen LogP contribution in [0.15, 0.2) is 96.2 Å². The molecule has 0 saturated heterocycles. The van der Waals surface area contributed by atoms with E-state index < -0.39 is 0 Å². The number of para-hydroxylation sites is 1. The van der Waals surface area contributed by atoms with E-state index in [0.717, 1.165) is 28.1 Å². The second kappa shape index (κ2) is 9.54. The van der Waals surface area contributed by atoms with E-state index in [4.69, 9.17) is 9.84 Å². The minimum atomic E-state index is -0.338. The zero-order valence-corrected chi connectivity index (χ0v) is 17.1. The maximum Gasteiger partial charge on any atom is 0.277 e. The predicted molar refractivity (Wildman–Crippen MR) is 121 cm³/mol. The Balaban J connectivity index is 1.48. The summed E-state index contributed by atoms with van der Waals surface area (Å²) in [6, 6.07) is 27.2. The van der Waals surface area contributed by atoms with Crippen molar-refractivity contribution in [2.75, 3.05) is 6.61 Å². The second-order valence-corrected chi connectivity index (χ2v) is 6.98. The average molecular weight is 410 g/mol. The highest BCUT2D eigenvalue weighted by molar-refractivity contribution is 5.89. The summed E-state index contributed by atoms with van der Waals surface area (Å²) in [7, 11) is 0. The van der Waals surface area contributed by atoms with Crippen LogP contribution in [0.1, 0.15) is 11.1 Å². The molecule has 4 rings (SSSR count). The number of nitrogens with zero attached hydrogens (tertiary/aromatic N) is 3. The molecule has 6 nitrogen and oxygen atoms in total. The van der Waals surface area contributed by atoms with E-state index in [2.05, 4.69) is 10.5 Å². The van der Waals surface area contributed by atoms with Crippen LogP contribution in [-0.2, 0) is 4.79 Å². The molecule has 1 N–H and O–H groups in total. The Morgan fingerprint density at radius 2 is 1.77 bits per heavy atom. The zero-order valence-electron chi connectivity index (χ0n) is 17.1. The number of amides is 1. The highest BCUT2D eigenvalue weighted by Crippen LogP contribution is 2.22. The molecule has 1 amide bonds. The average Bonchev–Trinajstić information content (AvgIpc) is 3.23. The molecule has 3 aromatic carbocycles. The smallest absolute Gasteiger partial charge is 0.277 e. The third kappa shape index (κ3) is 5.25. The Kier molecular flexibility index (Phi) is 6.18. The number of rotatable bonds is 7. The number of benzene rings is 3. The van der Waals surface area contributed by atoms with E-state index >= 15 is 0 Å². The van der Waals surface area contributed by atoms with Crippen LogP contribution in [0, 0.1) is 6.92 Å². The lowest BCUT2D eigenvalue weighted by Gasteiger charge is -2.05. The lowest BCUT2D eigenvalue weighted by molar-refractivity contribution is -0.123. The third-order valence-corrected chi connectivity index (χ3v) is 4.56. The fourth-order valence-electron chi connectivity index (χ4n) is 3.08. The summed E-state index contributed by atoms with van der Waals surface area (Å²) >= 11 is 0. The summed E-state index contributed by atoms with van der Waals surface area (Å²) in [5, 5.41) is 8.83. The lowest BCUT2D eigenvalue weighted by Crippen LogP contribution is -2.24. The van der Waals surface area contributed by atoms with Crippen molar-refractivity contribution in [3.63, 3.8) is 0 Å². The maximum absolute atomic E-state index is 12.1. The summed E-state index contributed by atoms with van der Waals surface area (Å²) in [6.07, 6.45) is 3.48. The molecule has 0 unspecified atom stereocenters. The first-order chi connectivity index (χ1) is 15.2. The molecule has 154 valence electrons. The van der Waals surface area contributed by atoms with Crippen molar-refractivity contribution in [2.24, 2.45) is 5.10 Å². The molecule has 0 fully saturated rings. The van der Waals surface area contributed by atoms with Crippen molar-refractivity contribution in [1.82, 2.24) is 15.2 Å². The van der Waals surface area contributed by atoms with Gasteiger partial charge in [0.05, 0.1) is 11.9 Å². The van der Waals surface area contributed by atoms with Gasteiger partial charge in [0.15, 0.2) is 6.61 Å². The highest BCUT2D eigenvalue weighted by Gasteiger charge is 2.11. The Morgan fingerprint density at radius 1 is 1.03 bits per heavy atom. The van der Waals surface area contributed by atoms with Crippen LogP contribution in [0.25, 0.3) is 16.9 Å². The van der Waals surface area contributed by atoms with Crippen LogP contribution in [0.4, 0.5) is 0 Å². The van der Waals surface area contributed by atoms with Crippen molar-refractivity contribution in [1.29, 1.82) is 0 Å². The third-order valence-electron chi connectivity index (χ3n) is 4.56. The molecule has 0 radical (unpaired) electrons. The molecular weight excluding hydrogens is 388 g/mol. The lowest BCUT2D eigenvalue weighted by atomic mass is 10.1. The van der Waals surface area contributed by atoms with E-state index in [9.17, 15) is 4.79 Å². The van der Waals surface area contributed by atoms with Gasteiger partial charge in [-0.1, -0.05) is 60.7 Å². The number of aromatic nitrogens is 2. The van der Waals surface area contributed by atoms with Crippen molar-refractivity contribution in [2.45, 2.75) is 6.92 Å². The summed E-state index contributed by atoms with van der Waals surface area (Å²) in [6.45, 7) is 1.85. The largest absolute Gasteiger partial charge is 0.484 e. The quantitative estimate of drug-likeness (QED) is 0.363. The van der Waals surface area contributed by atoms with Crippen LogP contribution < -0.4 is 10.2 Å². The molecule has 1 heterocycles. The van der Waals surface area contributed by atoms with Gasteiger partial charge in [-0.05, 0) is 36.8 Å². The maximum atomic E-state index is 12.1. The van der Waals surface area contributed by atoms with Gasteiger partial charge in [-0.25, -0.2) is 10.1 Å². The van der Waals surface area contributed by atoms with E-state index in [0.29, 0.717) is 5.75 Å². The van der Waals surface area contributed by atoms with Crippen molar-refractivity contribution in [3.8, 4) is 22.7 Å². The minimum absolute atomic E-state index is 0.115. The first-order valence-corrected chi connectivity index (χ1v) is 9.91. The van der Waals surface area contributed by atoms with E-state index in [-0.39, 0.29) is 12.5 Å². The number of hydrazone groups is 1. The van der Waals surface area contributed by atoms with Crippen LogP contribution >= 0.6 is 0 Å². The Labute approximate surface area is 180 Å². The van der Waals surface area contributed by atoms with Crippen LogP contribution in [0.5, 0.6) is 5.75 Å². The van der Waals surface area contributed by atoms with Crippen molar-refractivity contribution in [3.05, 3.63) is 102 Å². The summed E-state index contributed by atoms with van der Waals surface area (Å²) in [4.78, 5) is 12.1. The molecule has 0 saturated carbocycles. The fourth-order valence-corrected chi connectivity index (χ4v) is 3.08. The summed E-state index contributed by atoms with van der Waals surface area (Å²) in [5.41, 5.74) is 7.05. The number of hydrogen-bond donors (Lipinski definition) is 1. The normalized spacial score (nSPS) is 10.9. The number of hydrogen-bond acceptors (Lipinski definition) is 4. The molecule has 0 aliphatic rings. The fraction of sp³-hybridized carbons (Fsp3) is 0.0800. The highest BCUT2D eigenvalue weighted by atomic mass is 16.5. The van der Waals surface area contributed by atoms with E-state index in [1.165, 1.54) is 0 Å². The van der Waals surface area contributed by atoms with Crippen LogP contribution in [0.2, 0.25) is 0 Å². The molecule has 0 spiro atoms. The molecule has 1 aromatic heterocycles. The minimum Gasteiger partial charge on any atom is -0.484 e. The first kappa shape index (κ1) is 20.1. The summed E-state index contributed by atoms with van der Waals surface area (Å²) < 4.78 is 7.30. The Hall–Kier alpha value is -4.19. The Bertz CT molecular complexity index is 1180. The van der Waals surface area contributed by atoms with Crippen LogP contribution in [-0.4, -0.2) is 28.5 Å². The SMILES string of the molecule is Cc1cccc(OCC(=O)N/N=C\c2cn(-c3ccccc3)nc2-c2ccccc2)c1. The zero-order chi connectivity index (χ0) is 21.5. The molecule has 0 atom stereocenters. The molecule has 6 heteroatoms. The van der Waals surface area contributed by atoms with E-state index in [1.807, 2.05) is 98.0 Å². The topological polar surface area (TPSA) is 68.5 Å². The first-order valence-electron chi connectivity index (χ1n) is 9.91. The van der Waals surface area contributed by atoms with Gasteiger partial charge in [-0.2, -0.15) is 10.2 Å². The molecule has 31 heavy (non-hydrogen) atoms. The molecule has 0 aliphatic heterocycles. The molecule has 0 bridgehead atoms. The van der Waals surface area contributed by atoms with Gasteiger partial charge in [0.25, 0.3) is 5.91 Å². The number of ether oxygens (including phenoxy) is 1. The monoisotopic (exact) mass is 410 g/mol. The van der Waals surface area contributed by atoms with Crippen LogP contribution in [0.3, 0.4) is 0 Å². The Morgan fingerprint density at radius 3 is 2.52 bits per heavy atom. The van der Waals surface area contributed by atoms with Gasteiger partial charge in [0.2, 0.25) is 0 Å². The van der Waals surface area contributed by atoms with Gasteiger partial charge < -0.3 is 4.74 Å². The molecular formula is C25H22N4O2. The number of nitrogens with one attached hydrogen (secondary N) is 1.